The Bertz CT molecular complexity index is 1260. The maximum absolute atomic E-state index is 12.6. The lowest BCUT2D eigenvalue weighted by Gasteiger charge is -2.20. The van der Waals surface area contributed by atoms with Gasteiger partial charge in [-0.1, -0.05) is 60.7 Å². The highest BCUT2D eigenvalue weighted by Gasteiger charge is 2.29. The number of nitrogens with one attached hydrogen (secondary N) is 1. The summed E-state index contributed by atoms with van der Waals surface area (Å²) in [7, 11) is 0. The van der Waals surface area contributed by atoms with E-state index >= 15 is 0 Å². The van der Waals surface area contributed by atoms with E-state index in [1.54, 1.807) is 45.0 Å². The molecule has 0 spiro atoms. The normalized spacial score (nSPS) is 13.3. The van der Waals surface area contributed by atoms with E-state index in [0.717, 1.165) is 27.8 Å². The summed E-state index contributed by atoms with van der Waals surface area (Å²) in [5.41, 5.74) is 4.93. The number of esters is 1. The number of rotatable bonds is 8. The number of aliphatic carboxylic acids is 1. The summed E-state index contributed by atoms with van der Waals surface area (Å²) < 4.78 is 10.9. The Morgan fingerprint density at radius 3 is 2.14 bits per heavy atom. The molecule has 1 aliphatic rings. The zero-order valence-electron chi connectivity index (χ0n) is 21.2. The zero-order valence-corrected chi connectivity index (χ0v) is 21.2. The summed E-state index contributed by atoms with van der Waals surface area (Å²) in [6, 6.07) is 21.7. The molecule has 0 aliphatic heterocycles. The molecule has 4 rings (SSSR count). The lowest BCUT2D eigenvalue weighted by molar-refractivity contribution is -0.139. The number of amides is 1. The van der Waals surface area contributed by atoms with Crippen molar-refractivity contribution in [3.8, 4) is 11.1 Å². The van der Waals surface area contributed by atoms with Crippen LogP contribution in [-0.4, -0.2) is 41.4 Å². The Morgan fingerprint density at radius 2 is 1.54 bits per heavy atom. The number of carbonyl (C=O) groups excluding carboxylic acids is 2. The number of carboxylic acids is 1. The topological polar surface area (TPSA) is 102 Å². The summed E-state index contributed by atoms with van der Waals surface area (Å²) in [5.74, 6) is -1.71. The van der Waals surface area contributed by atoms with Crippen LogP contribution < -0.4 is 5.32 Å². The first-order valence-corrected chi connectivity index (χ1v) is 12.3. The van der Waals surface area contributed by atoms with Gasteiger partial charge < -0.3 is 19.9 Å². The molecule has 1 amide bonds. The van der Waals surface area contributed by atoms with E-state index in [4.69, 9.17) is 9.47 Å². The minimum absolute atomic E-state index is 0.101. The smallest absolute Gasteiger partial charge is 0.407 e. The summed E-state index contributed by atoms with van der Waals surface area (Å²) in [6.45, 7) is 5.48. The number of alkyl carbamates (subject to hydrolysis) is 1. The lowest BCUT2D eigenvalue weighted by Crippen LogP contribution is -2.41. The molecule has 7 nitrogen and oxygen atoms in total. The van der Waals surface area contributed by atoms with Crippen LogP contribution in [0.2, 0.25) is 0 Å². The highest BCUT2D eigenvalue weighted by atomic mass is 16.6. The van der Waals surface area contributed by atoms with Gasteiger partial charge in [-0.15, -0.1) is 0 Å². The summed E-state index contributed by atoms with van der Waals surface area (Å²) in [6.07, 6.45) is -0.300. The van der Waals surface area contributed by atoms with Crippen LogP contribution in [-0.2, 0) is 20.7 Å². The lowest BCUT2D eigenvalue weighted by atomic mass is 9.98. The Morgan fingerprint density at radius 1 is 0.919 bits per heavy atom. The fraction of sp³-hybridized carbons (Fsp3) is 0.300. The van der Waals surface area contributed by atoms with E-state index in [1.165, 1.54) is 0 Å². The van der Waals surface area contributed by atoms with Gasteiger partial charge in [0.25, 0.3) is 0 Å². The maximum Gasteiger partial charge on any atom is 0.407 e. The number of carboxylic acid groups (broad SMARTS) is 1. The number of hydrogen-bond donors (Lipinski definition) is 2. The minimum atomic E-state index is -1.16. The molecule has 0 aromatic heterocycles. The zero-order chi connectivity index (χ0) is 26.6. The van der Waals surface area contributed by atoms with Gasteiger partial charge in [0.05, 0.1) is 5.56 Å². The van der Waals surface area contributed by atoms with E-state index in [1.807, 2.05) is 48.5 Å². The molecule has 0 radical (unpaired) electrons. The Hall–Kier alpha value is -4.13. The van der Waals surface area contributed by atoms with Crippen molar-refractivity contribution in [1.29, 1.82) is 0 Å². The Kier molecular flexibility index (Phi) is 7.62. The third-order valence-electron chi connectivity index (χ3n) is 6.22. The van der Waals surface area contributed by atoms with Gasteiger partial charge in [0.15, 0.2) is 0 Å². The van der Waals surface area contributed by atoms with Crippen LogP contribution in [0.4, 0.5) is 4.79 Å². The van der Waals surface area contributed by atoms with Crippen molar-refractivity contribution in [3.05, 3.63) is 95.1 Å². The van der Waals surface area contributed by atoms with Gasteiger partial charge in [-0.3, -0.25) is 0 Å². The number of carbonyl (C=O) groups is 3. The molecular weight excluding hydrogens is 470 g/mol. The Balaban J connectivity index is 1.35. The first kappa shape index (κ1) is 25.9. The van der Waals surface area contributed by atoms with Crippen LogP contribution in [0.15, 0.2) is 72.8 Å². The first-order valence-electron chi connectivity index (χ1n) is 12.3. The van der Waals surface area contributed by atoms with Gasteiger partial charge in [-0.25, -0.2) is 14.4 Å². The summed E-state index contributed by atoms with van der Waals surface area (Å²) in [5, 5.41) is 12.1. The van der Waals surface area contributed by atoms with Gasteiger partial charge in [0.2, 0.25) is 0 Å². The molecule has 1 aliphatic carbocycles. The summed E-state index contributed by atoms with van der Waals surface area (Å²) in [4.78, 5) is 36.7. The van der Waals surface area contributed by atoms with Crippen molar-refractivity contribution in [2.45, 2.75) is 51.2 Å². The van der Waals surface area contributed by atoms with Crippen LogP contribution in [0.5, 0.6) is 0 Å². The number of aryl methyl sites for hydroxylation is 1. The molecule has 1 atom stereocenters. The van der Waals surface area contributed by atoms with Gasteiger partial charge in [0, 0.05) is 5.92 Å². The molecule has 0 fully saturated rings. The van der Waals surface area contributed by atoms with Crippen LogP contribution in [0.25, 0.3) is 11.1 Å². The van der Waals surface area contributed by atoms with E-state index in [0.29, 0.717) is 12.0 Å². The van der Waals surface area contributed by atoms with Crippen molar-refractivity contribution >= 4 is 18.0 Å². The second-order valence-electron chi connectivity index (χ2n) is 10.1. The van der Waals surface area contributed by atoms with Crippen LogP contribution >= 0.6 is 0 Å². The molecule has 37 heavy (non-hydrogen) atoms. The van der Waals surface area contributed by atoms with Crippen molar-refractivity contribution in [2.75, 3.05) is 6.61 Å². The average Bonchev–Trinajstić information content (AvgIpc) is 3.18. The van der Waals surface area contributed by atoms with Crippen molar-refractivity contribution < 1.29 is 29.0 Å². The predicted octanol–water partition coefficient (Wildman–Crippen LogP) is 5.57. The molecule has 0 heterocycles. The van der Waals surface area contributed by atoms with Crippen LogP contribution in [0.1, 0.15) is 60.2 Å². The van der Waals surface area contributed by atoms with Gasteiger partial charge in [-0.05, 0) is 73.6 Å². The SMILES string of the molecule is CC(C)(C)OC(=O)c1cccc(CCC(NC(=O)OCC2c3ccccc3-c3ccccc32)C(=O)O)c1. The third kappa shape index (κ3) is 6.36. The molecule has 7 heteroatoms. The summed E-state index contributed by atoms with van der Waals surface area (Å²) >= 11 is 0. The average molecular weight is 502 g/mol. The Labute approximate surface area is 216 Å². The van der Waals surface area contributed by atoms with Gasteiger partial charge >= 0.3 is 18.0 Å². The molecule has 3 aromatic carbocycles. The largest absolute Gasteiger partial charge is 0.480 e. The van der Waals surface area contributed by atoms with Gasteiger partial charge in [0.1, 0.15) is 18.2 Å². The molecule has 1 unspecified atom stereocenters. The predicted molar refractivity (Wildman–Crippen MR) is 140 cm³/mol. The van der Waals surface area contributed by atoms with Crippen LogP contribution in [0.3, 0.4) is 0 Å². The van der Waals surface area contributed by atoms with Gasteiger partial charge in [-0.2, -0.15) is 0 Å². The molecule has 192 valence electrons. The quantitative estimate of drug-likeness (QED) is 0.392. The number of fused-ring (bicyclic) bond motifs is 3. The van der Waals surface area contributed by atoms with E-state index in [9.17, 15) is 19.5 Å². The van der Waals surface area contributed by atoms with E-state index < -0.39 is 29.7 Å². The second kappa shape index (κ2) is 10.9. The fourth-order valence-corrected chi connectivity index (χ4v) is 4.54. The highest BCUT2D eigenvalue weighted by molar-refractivity contribution is 5.90. The fourth-order valence-electron chi connectivity index (χ4n) is 4.54. The maximum atomic E-state index is 12.6. The molecular formula is C30H31NO6. The monoisotopic (exact) mass is 501 g/mol. The number of ether oxygens (including phenoxy) is 2. The number of hydrogen-bond acceptors (Lipinski definition) is 5. The van der Waals surface area contributed by atoms with Crippen molar-refractivity contribution in [1.82, 2.24) is 5.32 Å². The van der Waals surface area contributed by atoms with Crippen molar-refractivity contribution in [3.63, 3.8) is 0 Å². The minimum Gasteiger partial charge on any atom is -0.480 e. The first-order chi connectivity index (χ1) is 17.6. The second-order valence-corrected chi connectivity index (χ2v) is 10.1. The van der Waals surface area contributed by atoms with E-state index in [-0.39, 0.29) is 18.9 Å². The molecule has 0 bridgehead atoms. The molecule has 0 saturated heterocycles. The number of benzene rings is 3. The molecule has 3 aromatic rings. The van der Waals surface area contributed by atoms with Crippen molar-refractivity contribution in [2.24, 2.45) is 0 Å². The third-order valence-corrected chi connectivity index (χ3v) is 6.22. The molecule has 0 saturated carbocycles. The highest BCUT2D eigenvalue weighted by Crippen LogP contribution is 2.44. The standard InChI is InChI=1S/C30H31NO6/c1-30(2,3)37-28(34)20-10-8-9-19(17-20)15-16-26(27(32)33)31-29(35)36-18-25-23-13-6-4-11-21(23)22-12-5-7-14-24(22)25/h4-14,17,25-26H,15-16,18H2,1-3H3,(H,31,35)(H,32,33). The van der Waals surface area contributed by atoms with E-state index in [2.05, 4.69) is 5.32 Å². The van der Waals surface area contributed by atoms with Crippen LogP contribution in [0, 0.1) is 0 Å². The molecule has 2 N–H and O–H groups in total.